The molecule has 0 radical (unpaired) electrons. The van der Waals surface area contributed by atoms with Crippen LogP contribution in [0.25, 0.3) is 0 Å². The SMILES string of the molecule is CC1(CN)CCN(S(=O)(=O)c2c(Cl)cc(Cl)cc2Cl)C1.Cl. The van der Waals surface area contributed by atoms with E-state index in [1.807, 2.05) is 6.92 Å². The van der Waals surface area contributed by atoms with E-state index in [9.17, 15) is 8.42 Å². The van der Waals surface area contributed by atoms with Gasteiger partial charge in [-0.2, -0.15) is 4.31 Å². The molecule has 1 aromatic rings. The summed E-state index contributed by atoms with van der Waals surface area (Å²) in [6, 6.07) is 2.75. The molecule has 0 aromatic heterocycles. The fourth-order valence-electron chi connectivity index (χ4n) is 2.25. The molecule has 1 aliphatic heterocycles. The van der Waals surface area contributed by atoms with Crippen LogP contribution in [0.4, 0.5) is 0 Å². The third kappa shape index (κ3) is 3.78. The number of halogens is 4. The van der Waals surface area contributed by atoms with E-state index in [1.54, 1.807) is 0 Å². The van der Waals surface area contributed by atoms with Gasteiger partial charge in [0.2, 0.25) is 10.0 Å². The van der Waals surface area contributed by atoms with Gasteiger partial charge in [0.15, 0.2) is 0 Å². The van der Waals surface area contributed by atoms with E-state index in [2.05, 4.69) is 0 Å². The molecule has 1 atom stereocenters. The second kappa shape index (κ2) is 6.79. The van der Waals surface area contributed by atoms with Crippen molar-refractivity contribution in [2.45, 2.75) is 18.2 Å². The Balaban J connectivity index is 0.00000220. The monoisotopic (exact) mass is 392 g/mol. The van der Waals surface area contributed by atoms with Crippen molar-refractivity contribution in [1.82, 2.24) is 4.31 Å². The summed E-state index contributed by atoms with van der Waals surface area (Å²) < 4.78 is 26.7. The molecular weight excluding hydrogens is 378 g/mol. The van der Waals surface area contributed by atoms with Gasteiger partial charge in [-0.05, 0) is 30.5 Å². The molecule has 2 N–H and O–H groups in total. The molecule has 2 rings (SSSR count). The van der Waals surface area contributed by atoms with Gasteiger partial charge in [0.25, 0.3) is 0 Å². The summed E-state index contributed by atoms with van der Waals surface area (Å²) in [6.07, 6.45) is 0.714. The summed E-state index contributed by atoms with van der Waals surface area (Å²) in [5.74, 6) is 0. The Morgan fingerprint density at radius 2 is 1.81 bits per heavy atom. The van der Waals surface area contributed by atoms with Gasteiger partial charge in [0.1, 0.15) is 4.90 Å². The number of nitrogens with zero attached hydrogens (tertiary/aromatic N) is 1. The Hall–Kier alpha value is 0.250. The van der Waals surface area contributed by atoms with Crippen LogP contribution in [0, 0.1) is 5.41 Å². The van der Waals surface area contributed by atoms with Crippen molar-refractivity contribution in [2.75, 3.05) is 19.6 Å². The minimum atomic E-state index is -3.74. The predicted molar refractivity (Wildman–Crippen MR) is 89.3 cm³/mol. The van der Waals surface area contributed by atoms with Crippen molar-refractivity contribution in [3.63, 3.8) is 0 Å². The van der Waals surface area contributed by atoms with Crippen molar-refractivity contribution in [1.29, 1.82) is 0 Å². The second-order valence-corrected chi connectivity index (χ2v) is 8.43. The van der Waals surface area contributed by atoms with Crippen LogP contribution >= 0.6 is 47.2 Å². The summed E-state index contributed by atoms with van der Waals surface area (Å²) in [5, 5.41) is 0.361. The van der Waals surface area contributed by atoms with Gasteiger partial charge in [-0.15, -0.1) is 12.4 Å². The first kappa shape index (κ1) is 19.3. The van der Waals surface area contributed by atoms with Crippen LogP contribution in [-0.2, 0) is 10.0 Å². The number of benzene rings is 1. The average Bonchev–Trinajstić information content (AvgIpc) is 2.71. The lowest BCUT2D eigenvalue weighted by molar-refractivity contribution is 0.349. The van der Waals surface area contributed by atoms with Gasteiger partial charge in [0, 0.05) is 18.1 Å². The highest BCUT2D eigenvalue weighted by Gasteiger charge is 2.40. The van der Waals surface area contributed by atoms with Gasteiger partial charge in [-0.1, -0.05) is 41.7 Å². The zero-order chi connectivity index (χ0) is 15.1. The maximum atomic E-state index is 12.7. The Labute approximate surface area is 146 Å². The van der Waals surface area contributed by atoms with Crippen molar-refractivity contribution < 1.29 is 8.42 Å². The lowest BCUT2D eigenvalue weighted by Crippen LogP contribution is -2.34. The van der Waals surface area contributed by atoms with E-state index in [0.717, 1.165) is 0 Å². The average molecular weight is 394 g/mol. The Kier molecular flexibility index (Phi) is 6.24. The highest BCUT2D eigenvalue weighted by Crippen LogP contribution is 2.38. The molecule has 1 unspecified atom stereocenters. The highest BCUT2D eigenvalue weighted by atomic mass is 35.5. The minimum Gasteiger partial charge on any atom is -0.330 e. The van der Waals surface area contributed by atoms with Crippen molar-refractivity contribution in [2.24, 2.45) is 11.1 Å². The van der Waals surface area contributed by atoms with Gasteiger partial charge < -0.3 is 5.73 Å². The number of sulfonamides is 1. The largest absolute Gasteiger partial charge is 0.330 e. The van der Waals surface area contributed by atoms with Crippen LogP contribution < -0.4 is 5.73 Å². The van der Waals surface area contributed by atoms with E-state index >= 15 is 0 Å². The Morgan fingerprint density at radius 3 is 2.24 bits per heavy atom. The molecule has 0 aliphatic carbocycles. The fraction of sp³-hybridized carbons (Fsp3) is 0.500. The lowest BCUT2D eigenvalue weighted by Gasteiger charge is -2.23. The molecule has 0 amide bonds. The maximum absolute atomic E-state index is 12.7. The smallest absolute Gasteiger partial charge is 0.246 e. The van der Waals surface area contributed by atoms with Crippen LogP contribution in [0.2, 0.25) is 15.1 Å². The van der Waals surface area contributed by atoms with Crippen LogP contribution in [0.15, 0.2) is 17.0 Å². The molecule has 4 nitrogen and oxygen atoms in total. The molecule has 1 aliphatic rings. The molecule has 0 spiro atoms. The Morgan fingerprint density at radius 1 is 1.29 bits per heavy atom. The summed E-state index contributed by atoms with van der Waals surface area (Å²) in [7, 11) is -3.74. The maximum Gasteiger partial charge on any atom is 0.246 e. The summed E-state index contributed by atoms with van der Waals surface area (Å²) >= 11 is 17.8. The normalized spacial score (nSPS) is 23.1. The van der Waals surface area contributed by atoms with E-state index in [0.29, 0.717) is 31.1 Å². The van der Waals surface area contributed by atoms with Crippen LogP contribution in [0.3, 0.4) is 0 Å². The van der Waals surface area contributed by atoms with E-state index in [4.69, 9.17) is 40.5 Å². The van der Waals surface area contributed by atoms with E-state index in [-0.39, 0.29) is 32.8 Å². The van der Waals surface area contributed by atoms with Crippen molar-refractivity contribution >= 4 is 57.2 Å². The third-order valence-electron chi connectivity index (χ3n) is 3.58. The van der Waals surface area contributed by atoms with Crippen molar-refractivity contribution in [3.05, 3.63) is 27.2 Å². The van der Waals surface area contributed by atoms with E-state index in [1.165, 1.54) is 16.4 Å². The molecule has 1 aromatic carbocycles. The first-order valence-corrected chi connectivity index (χ1v) is 8.62. The number of rotatable bonds is 3. The topological polar surface area (TPSA) is 63.4 Å². The number of nitrogens with two attached hydrogens (primary N) is 1. The molecule has 21 heavy (non-hydrogen) atoms. The molecule has 0 bridgehead atoms. The minimum absolute atomic E-state index is 0. The molecule has 1 heterocycles. The fourth-order valence-corrected chi connectivity index (χ4v) is 5.34. The second-order valence-electron chi connectivity index (χ2n) is 5.30. The van der Waals surface area contributed by atoms with Crippen LogP contribution in [0.5, 0.6) is 0 Å². The zero-order valence-corrected chi connectivity index (χ0v) is 15.2. The Bertz CT molecular complexity index is 615. The number of hydrogen-bond donors (Lipinski definition) is 1. The van der Waals surface area contributed by atoms with Gasteiger partial charge >= 0.3 is 0 Å². The zero-order valence-electron chi connectivity index (χ0n) is 11.3. The van der Waals surface area contributed by atoms with Gasteiger partial charge in [0.05, 0.1) is 10.0 Å². The van der Waals surface area contributed by atoms with Crippen molar-refractivity contribution in [3.8, 4) is 0 Å². The quantitative estimate of drug-likeness (QED) is 0.855. The van der Waals surface area contributed by atoms with Crippen LogP contribution in [-0.4, -0.2) is 32.4 Å². The molecule has 120 valence electrons. The lowest BCUT2D eigenvalue weighted by atomic mass is 9.90. The van der Waals surface area contributed by atoms with Crippen LogP contribution in [0.1, 0.15) is 13.3 Å². The number of hydrogen-bond acceptors (Lipinski definition) is 3. The molecular formula is C12H16Cl4N2O2S. The molecule has 0 saturated carbocycles. The predicted octanol–water partition coefficient (Wildman–Crippen LogP) is 3.43. The first-order chi connectivity index (χ1) is 9.19. The highest BCUT2D eigenvalue weighted by molar-refractivity contribution is 7.89. The first-order valence-electron chi connectivity index (χ1n) is 6.04. The summed E-state index contributed by atoms with van der Waals surface area (Å²) in [6.45, 7) is 3.17. The molecule has 9 heteroatoms. The van der Waals surface area contributed by atoms with Gasteiger partial charge in [-0.3, -0.25) is 0 Å². The van der Waals surface area contributed by atoms with Gasteiger partial charge in [-0.25, -0.2) is 8.42 Å². The standard InChI is InChI=1S/C12H15Cl3N2O2S.ClH/c1-12(6-16)2-3-17(7-12)20(18,19)11-9(14)4-8(13)5-10(11)15;/h4-5H,2-3,6-7,16H2,1H3;1H. The molecule has 1 saturated heterocycles. The summed E-state index contributed by atoms with van der Waals surface area (Å²) in [5.41, 5.74) is 5.49. The third-order valence-corrected chi connectivity index (χ3v) is 6.56. The molecule has 1 fully saturated rings. The summed E-state index contributed by atoms with van der Waals surface area (Å²) in [4.78, 5) is -0.0912. The van der Waals surface area contributed by atoms with E-state index < -0.39 is 10.0 Å².